The molecular formula is C22H27FN4O3. The van der Waals surface area contributed by atoms with Crippen molar-refractivity contribution in [2.75, 3.05) is 38.2 Å². The predicted molar refractivity (Wildman–Crippen MR) is 115 cm³/mol. The van der Waals surface area contributed by atoms with Gasteiger partial charge >= 0.3 is 0 Å². The summed E-state index contributed by atoms with van der Waals surface area (Å²) in [4.78, 5) is 16.1. The van der Waals surface area contributed by atoms with Gasteiger partial charge in [-0.1, -0.05) is 18.2 Å². The smallest absolute Gasteiger partial charge is 0.241 e. The van der Waals surface area contributed by atoms with Gasteiger partial charge in [-0.3, -0.25) is 4.79 Å². The van der Waals surface area contributed by atoms with Gasteiger partial charge in [-0.05, 0) is 37.1 Å². The zero-order chi connectivity index (χ0) is 21.2. The number of ether oxygens (including phenoxy) is 2. The number of likely N-dealkylation sites (N-methyl/N-ethyl adjacent to an activating group) is 1. The molecule has 0 saturated carbocycles. The maximum absolute atomic E-state index is 13.8. The van der Waals surface area contributed by atoms with Crippen molar-refractivity contribution in [1.82, 2.24) is 10.6 Å². The van der Waals surface area contributed by atoms with Crippen LogP contribution in [0.5, 0.6) is 11.5 Å². The van der Waals surface area contributed by atoms with Gasteiger partial charge in [-0.2, -0.15) is 0 Å². The highest BCUT2D eigenvalue weighted by molar-refractivity contribution is 5.95. The number of amides is 1. The van der Waals surface area contributed by atoms with Gasteiger partial charge in [0.25, 0.3) is 0 Å². The maximum atomic E-state index is 13.8. The maximum Gasteiger partial charge on any atom is 0.241 e. The molecule has 0 aromatic heterocycles. The molecule has 1 aliphatic rings. The van der Waals surface area contributed by atoms with Gasteiger partial charge in [0.05, 0.1) is 13.2 Å². The van der Waals surface area contributed by atoms with Crippen LogP contribution in [0.25, 0.3) is 0 Å². The van der Waals surface area contributed by atoms with E-state index >= 15 is 0 Å². The molecular weight excluding hydrogens is 387 g/mol. The number of carbonyl (C=O) groups excluding carboxylic acids is 1. The first-order chi connectivity index (χ1) is 14.7. The number of benzene rings is 2. The molecule has 3 rings (SSSR count). The summed E-state index contributed by atoms with van der Waals surface area (Å²) < 4.78 is 25.2. The van der Waals surface area contributed by atoms with Gasteiger partial charge in [-0.15, -0.1) is 0 Å². The minimum atomic E-state index is -0.240. The summed E-state index contributed by atoms with van der Waals surface area (Å²) in [5.41, 5.74) is 1.36. The van der Waals surface area contributed by atoms with Crippen LogP contribution in [0.15, 0.2) is 47.5 Å². The number of hydrogen-bond acceptors (Lipinski definition) is 4. The molecule has 0 fully saturated rings. The highest BCUT2D eigenvalue weighted by Crippen LogP contribution is 2.32. The second kappa shape index (κ2) is 11.0. The third-order valence-corrected chi connectivity index (χ3v) is 4.41. The summed E-state index contributed by atoms with van der Waals surface area (Å²) in [7, 11) is 0. The van der Waals surface area contributed by atoms with E-state index < -0.39 is 0 Å². The van der Waals surface area contributed by atoms with Gasteiger partial charge in [0.15, 0.2) is 17.5 Å². The minimum Gasteiger partial charge on any atom is -0.490 e. The first-order valence-corrected chi connectivity index (χ1v) is 10.1. The molecule has 0 saturated heterocycles. The van der Waals surface area contributed by atoms with E-state index in [1.807, 2.05) is 25.1 Å². The summed E-state index contributed by atoms with van der Waals surface area (Å²) in [6.07, 6.45) is 1.31. The molecule has 2 aromatic rings. The molecule has 0 atom stereocenters. The lowest BCUT2D eigenvalue weighted by Gasteiger charge is -2.15. The van der Waals surface area contributed by atoms with E-state index in [0.717, 1.165) is 12.1 Å². The molecule has 0 bridgehead atoms. The fourth-order valence-electron chi connectivity index (χ4n) is 2.94. The van der Waals surface area contributed by atoms with E-state index in [0.29, 0.717) is 55.7 Å². The number of rotatable bonds is 7. The molecule has 1 heterocycles. The van der Waals surface area contributed by atoms with Gasteiger partial charge in [0, 0.05) is 31.3 Å². The lowest BCUT2D eigenvalue weighted by atomic mass is 10.1. The number of anilines is 1. The van der Waals surface area contributed by atoms with E-state index in [1.165, 1.54) is 6.07 Å². The lowest BCUT2D eigenvalue weighted by Crippen LogP contribution is -2.34. The molecule has 1 amide bonds. The highest BCUT2D eigenvalue weighted by Gasteiger charge is 2.12. The molecule has 0 spiro atoms. The normalized spacial score (nSPS) is 13.3. The number of fused-ring (bicyclic) bond motifs is 1. The Morgan fingerprint density at radius 1 is 1.10 bits per heavy atom. The van der Waals surface area contributed by atoms with Crippen molar-refractivity contribution < 1.29 is 18.7 Å². The zero-order valence-electron chi connectivity index (χ0n) is 17.0. The van der Waals surface area contributed by atoms with Crippen LogP contribution in [0.1, 0.15) is 18.9 Å². The van der Waals surface area contributed by atoms with Crippen LogP contribution in [-0.4, -0.2) is 44.7 Å². The van der Waals surface area contributed by atoms with Crippen molar-refractivity contribution in [3.63, 3.8) is 0 Å². The number of halogens is 1. The molecule has 8 heteroatoms. The number of hydrogen-bond donors (Lipinski definition) is 3. The van der Waals surface area contributed by atoms with Gasteiger partial charge in [0.1, 0.15) is 12.4 Å². The Morgan fingerprint density at radius 2 is 1.90 bits per heavy atom. The van der Waals surface area contributed by atoms with Crippen LogP contribution >= 0.6 is 0 Å². The van der Waals surface area contributed by atoms with Crippen molar-refractivity contribution >= 4 is 17.6 Å². The molecule has 7 nitrogen and oxygen atoms in total. The Kier molecular flexibility index (Phi) is 7.88. The van der Waals surface area contributed by atoms with Crippen LogP contribution < -0.4 is 25.4 Å². The summed E-state index contributed by atoms with van der Waals surface area (Å²) in [6.45, 7) is 4.04. The summed E-state index contributed by atoms with van der Waals surface area (Å²) in [5.74, 6) is 1.37. The molecule has 0 aliphatic carbocycles. The van der Waals surface area contributed by atoms with Crippen molar-refractivity contribution in [2.24, 2.45) is 4.99 Å². The topological polar surface area (TPSA) is 84.0 Å². The van der Waals surface area contributed by atoms with Crippen molar-refractivity contribution in [3.8, 4) is 11.5 Å². The van der Waals surface area contributed by atoms with Crippen molar-refractivity contribution in [2.45, 2.75) is 19.8 Å². The average Bonchev–Trinajstić information content (AvgIpc) is 2.98. The fraction of sp³-hybridized carbons (Fsp3) is 0.364. The SMILES string of the molecule is CCNC(=O)CN=C(NCCc1ccccc1F)Nc1ccc2c(c1)OCCCO2. The zero-order valence-corrected chi connectivity index (χ0v) is 17.0. The third-order valence-electron chi connectivity index (χ3n) is 4.41. The molecule has 30 heavy (non-hydrogen) atoms. The molecule has 0 radical (unpaired) electrons. The summed E-state index contributed by atoms with van der Waals surface area (Å²) >= 11 is 0. The largest absolute Gasteiger partial charge is 0.490 e. The monoisotopic (exact) mass is 414 g/mol. The molecule has 160 valence electrons. The average molecular weight is 414 g/mol. The van der Waals surface area contributed by atoms with Crippen LogP contribution in [0.3, 0.4) is 0 Å². The Hall–Kier alpha value is -3.29. The summed E-state index contributed by atoms with van der Waals surface area (Å²) in [6, 6.07) is 12.2. The molecule has 2 aromatic carbocycles. The van der Waals surface area contributed by atoms with Crippen LogP contribution in [0.4, 0.5) is 10.1 Å². The Balaban J connectivity index is 1.67. The minimum absolute atomic E-state index is 0.0204. The first-order valence-electron chi connectivity index (χ1n) is 10.1. The Bertz CT molecular complexity index is 888. The second-order valence-electron chi connectivity index (χ2n) is 6.72. The Labute approximate surface area is 175 Å². The number of nitrogens with zero attached hydrogens (tertiary/aromatic N) is 1. The molecule has 0 unspecified atom stereocenters. The predicted octanol–water partition coefficient (Wildman–Crippen LogP) is 2.72. The van der Waals surface area contributed by atoms with E-state index in [4.69, 9.17) is 9.47 Å². The molecule has 1 aliphatic heterocycles. The van der Waals surface area contributed by atoms with Crippen LogP contribution in [0.2, 0.25) is 0 Å². The highest BCUT2D eigenvalue weighted by atomic mass is 19.1. The van der Waals surface area contributed by atoms with E-state index in [2.05, 4.69) is 20.9 Å². The first kappa shape index (κ1) is 21.4. The lowest BCUT2D eigenvalue weighted by molar-refractivity contribution is -0.119. The Morgan fingerprint density at radius 3 is 2.70 bits per heavy atom. The van der Waals surface area contributed by atoms with E-state index in [1.54, 1.807) is 18.2 Å². The van der Waals surface area contributed by atoms with Gasteiger partial charge in [0.2, 0.25) is 5.91 Å². The number of carbonyl (C=O) groups is 1. The van der Waals surface area contributed by atoms with E-state index in [9.17, 15) is 9.18 Å². The van der Waals surface area contributed by atoms with E-state index in [-0.39, 0.29) is 18.3 Å². The number of nitrogens with one attached hydrogen (secondary N) is 3. The number of guanidine groups is 1. The number of aliphatic imine (C=N–C) groups is 1. The fourth-order valence-corrected chi connectivity index (χ4v) is 2.94. The van der Waals surface area contributed by atoms with Crippen LogP contribution in [-0.2, 0) is 11.2 Å². The van der Waals surface area contributed by atoms with Gasteiger partial charge < -0.3 is 25.4 Å². The van der Waals surface area contributed by atoms with Gasteiger partial charge in [-0.25, -0.2) is 9.38 Å². The third kappa shape index (κ3) is 6.37. The molecule has 3 N–H and O–H groups in total. The van der Waals surface area contributed by atoms with Crippen molar-refractivity contribution in [1.29, 1.82) is 0 Å². The second-order valence-corrected chi connectivity index (χ2v) is 6.72. The van der Waals surface area contributed by atoms with Crippen molar-refractivity contribution in [3.05, 3.63) is 53.8 Å². The summed E-state index contributed by atoms with van der Waals surface area (Å²) in [5, 5.41) is 9.05. The standard InChI is InChI=1S/C22H27FN4O3/c1-2-24-21(28)15-26-22(25-11-10-16-6-3-4-7-18(16)23)27-17-8-9-19-20(14-17)30-13-5-12-29-19/h3-4,6-9,14H,2,5,10-13,15H2,1H3,(H,24,28)(H2,25,26,27). The quantitative estimate of drug-likeness (QED) is 0.479. The van der Waals surface area contributed by atoms with Crippen LogP contribution in [0, 0.1) is 5.82 Å².